The standard InChI is InChI=1S/C33H48N4O7/c1-20-15-25(38)16-21(2)26(20)18-27(37-31(42)44-33(7,8)9)29(40)35-22(3)28(39)34-19-24(17-23-13-11-10-12-14-23)36-30(41)43-32(4,5)6/h10-16,22,24,27,38H,17-19H2,1-9H3,(H,34,39)(H,35,40)(H,36,41)(H,37,42)/t22-,24+,27+/m1/s1. The van der Waals surface area contributed by atoms with E-state index < -0.39 is 53.3 Å². The Morgan fingerprint density at radius 1 is 0.773 bits per heavy atom. The molecule has 2 aromatic rings. The van der Waals surface area contributed by atoms with E-state index in [9.17, 15) is 24.3 Å². The van der Waals surface area contributed by atoms with Crippen molar-refractivity contribution in [3.05, 3.63) is 64.7 Å². The number of rotatable bonds is 11. The number of hydrogen-bond donors (Lipinski definition) is 5. The number of nitrogens with one attached hydrogen (secondary N) is 4. The molecule has 242 valence electrons. The first kappa shape index (κ1) is 35.9. The van der Waals surface area contributed by atoms with E-state index in [4.69, 9.17) is 9.47 Å². The lowest BCUT2D eigenvalue weighted by atomic mass is 9.95. The second kappa shape index (κ2) is 15.4. The summed E-state index contributed by atoms with van der Waals surface area (Å²) in [6.07, 6.45) is -0.837. The third-order valence-electron chi connectivity index (χ3n) is 6.42. The fraction of sp³-hybridized carbons (Fsp3) is 0.515. The molecule has 11 nitrogen and oxygen atoms in total. The van der Waals surface area contributed by atoms with Crippen molar-refractivity contribution < 1.29 is 33.8 Å². The van der Waals surface area contributed by atoms with E-state index in [1.165, 1.54) is 6.92 Å². The minimum Gasteiger partial charge on any atom is -0.508 e. The molecule has 0 aliphatic rings. The van der Waals surface area contributed by atoms with Crippen LogP contribution in [0.2, 0.25) is 0 Å². The van der Waals surface area contributed by atoms with Crippen molar-refractivity contribution in [2.24, 2.45) is 0 Å². The number of phenolic OH excluding ortho intramolecular Hbond substituents is 1. The van der Waals surface area contributed by atoms with E-state index in [1.54, 1.807) is 67.5 Å². The van der Waals surface area contributed by atoms with Gasteiger partial charge in [-0.1, -0.05) is 30.3 Å². The summed E-state index contributed by atoms with van der Waals surface area (Å²) in [6.45, 7) is 15.7. The number of ether oxygens (including phenoxy) is 2. The summed E-state index contributed by atoms with van der Waals surface area (Å²) >= 11 is 0. The Morgan fingerprint density at radius 2 is 1.30 bits per heavy atom. The maximum atomic E-state index is 13.4. The number of benzene rings is 2. The maximum Gasteiger partial charge on any atom is 0.408 e. The minimum absolute atomic E-state index is 0.0820. The second-order valence-electron chi connectivity index (χ2n) is 13.0. The van der Waals surface area contributed by atoms with Crippen molar-refractivity contribution in [3.63, 3.8) is 0 Å². The van der Waals surface area contributed by atoms with Gasteiger partial charge in [-0.25, -0.2) is 9.59 Å². The Labute approximate surface area is 260 Å². The van der Waals surface area contributed by atoms with Gasteiger partial charge in [0, 0.05) is 13.0 Å². The highest BCUT2D eigenvalue weighted by molar-refractivity contribution is 5.91. The van der Waals surface area contributed by atoms with Gasteiger partial charge in [-0.2, -0.15) is 0 Å². The van der Waals surface area contributed by atoms with Crippen LogP contribution in [0, 0.1) is 13.8 Å². The molecule has 2 aromatic carbocycles. The molecule has 0 unspecified atom stereocenters. The number of phenols is 1. The highest BCUT2D eigenvalue weighted by atomic mass is 16.6. The van der Waals surface area contributed by atoms with E-state index in [-0.39, 0.29) is 18.7 Å². The molecule has 3 atom stereocenters. The van der Waals surface area contributed by atoms with Gasteiger partial charge in [-0.05, 0) is 103 Å². The number of aryl methyl sites for hydroxylation is 2. The van der Waals surface area contributed by atoms with E-state index >= 15 is 0 Å². The number of aromatic hydroxyl groups is 1. The van der Waals surface area contributed by atoms with E-state index in [1.807, 2.05) is 30.3 Å². The SMILES string of the molecule is Cc1cc(O)cc(C)c1C[C@H](NC(=O)OC(C)(C)C)C(=O)N[C@H](C)C(=O)NC[C@H](Cc1ccccc1)NC(=O)OC(C)(C)C. The lowest BCUT2D eigenvalue weighted by molar-refractivity contribution is -0.129. The van der Waals surface area contributed by atoms with Gasteiger partial charge in [0.25, 0.3) is 0 Å². The number of amides is 4. The lowest BCUT2D eigenvalue weighted by Crippen LogP contribution is -2.55. The highest BCUT2D eigenvalue weighted by Crippen LogP contribution is 2.22. The van der Waals surface area contributed by atoms with Gasteiger partial charge in [0.2, 0.25) is 11.8 Å². The molecular weight excluding hydrogens is 564 g/mol. The molecular formula is C33H48N4O7. The van der Waals surface area contributed by atoms with Gasteiger partial charge < -0.3 is 35.8 Å². The average Bonchev–Trinajstić information content (AvgIpc) is 2.86. The summed E-state index contributed by atoms with van der Waals surface area (Å²) in [5.74, 6) is -0.963. The van der Waals surface area contributed by atoms with Crippen LogP contribution >= 0.6 is 0 Å². The smallest absolute Gasteiger partial charge is 0.408 e. The van der Waals surface area contributed by atoms with Gasteiger partial charge in [0.05, 0.1) is 6.04 Å². The zero-order chi connectivity index (χ0) is 33.2. The summed E-state index contributed by atoms with van der Waals surface area (Å²) in [5, 5.41) is 20.9. The second-order valence-corrected chi connectivity index (χ2v) is 13.0. The Bertz CT molecular complexity index is 1280. The first-order valence-electron chi connectivity index (χ1n) is 14.7. The molecule has 0 radical (unpaired) electrons. The minimum atomic E-state index is -1.07. The van der Waals surface area contributed by atoms with Crippen LogP contribution in [-0.2, 0) is 31.9 Å². The number of hydrogen-bond acceptors (Lipinski definition) is 7. The molecule has 44 heavy (non-hydrogen) atoms. The van der Waals surface area contributed by atoms with E-state index in [0.717, 1.165) is 22.3 Å². The largest absolute Gasteiger partial charge is 0.508 e. The predicted molar refractivity (Wildman–Crippen MR) is 168 cm³/mol. The summed E-state index contributed by atoms with van der Waals surface area (Å²) in [4.78, 5) is 51.6. The first-order valence-corrected chi connectivity index (χ1v) is 14.7. The van der Waals surface area contributed by atoms with E-state index in [2.05, 4.69) is 21.3 Å². The van der Waals surface area contributed by atoms with Crippen LogP contribution in [0.1, 0.15) is 70.7 Å². The molecule has 0 saturated heterocycles. The molecule has 0 aromatic heterocycles. The van der Waals surface area contributed by atoms with Crippen molar-refractivity contribution in [2.75, 3.05) is 6.54 Å². The van der Waals surface area contributed by atoms with Gasteiger partial charge in [0.15, 0.2) is 0 Å². The predicted octanol–water partition coefficient (Wildman–Crippen LogP) is 4.20. The maximum absolute atomic E-state index is 13.4. The van der Waals surface area contributed by atoms with Crippen LogP contribution in [-0.4, -0.2) is 65.0 Å². The molecule has 0 saturated carbocycles. The topological polar surface area (TPSA) is 155 Å². The van der Waals surface area contributed by atoms with Crippen LogP contribution in [0.5, 0.6) is 5.75 Å². The molecule has 0 bridgehead atoms. The Kier molecular flexibility index (Phi) is 12.6. The van der Waals surface area contributed by atoms with Crippen LogP contribution in [0.25, 0.3) is 0 Å². The highest BCUT2D eigenvalue weighted by Gasteiger charge is 2.29. The number of carbonyl (C=O) groups excluding carboxylic acids is 4. The Balaban J connectivity index is 2.14. The molecule has 0 aliphatic carbocycles. The molecule has 5 N–H and O–H groups in total. The molecule has 11 heteroatoms. The molecule has 0 heterocycles. The van der Waals surface area contributed by atoms with Crippen molar-refractivity contribution >= 4 is 24.0 Å². The van der Waals surface area contributed by atoms with Gasteiger partial charge in [-0.3, -0.25) is 9.59 Å². The van der Waals surface area contributed by atoms with Crippen molar-refractivity contribution in [1.82, 2.24) is 21.3 Å². The van der Waals surface area contributed by atoms with Crippen LogP contribution < -0.4 is 21.3 Å². The Hall–Kier alpha value is -4.28. The first-order chi connectivity index (χ1) is 20.3. The van der Waals surface area contributed by atoms with Crippen molar-refractivity contribution in [1.29, 1.82) is 0 Å². The molecule has 0 aliphatic heterocycles. The fourth-order valence-electron chi connectivity index (χ4n) is 4.46. The van der Waals surface area contributed by atoms with Gasteiger partial charge >= 0.3 is 12.2 Å². The third kappa shape index (κ3) is 12.9. The van der Waals surface area contributed by atoms with Crippen molar-refractivity contribution in [2.45, 2.75) is 104 Å². The monoisotopic (exact) mass is 612 g/mol. The zero-order valence-electron chi connectivity index (χ0n) is 27.3. The summed E-state index contributed by atoms with van der Waals surface area (Å²) in [5.41, 5.74) is 1.75. The molecule has 4 amide bonds. The fourth-order valence-corrected chi connectivity index (χ4v) is 4.46. The average molecular weight is 613 g/mol. The van der Waals surface area contributed by atoms with Crippen LogP contribution in [0.3, 0.4) is 0 Å². The Morgan fingerprint density at radius 3 is 1.82 bits per heavy atom. The van der Waals surface area contributed by atoms with Gasteiger partial charge in [-0.15, -0.1) is 0 Å². The summed E-state index contributed by atoms with van der Waals surface area (Å²) in [7, 11) is 0. The lowest BCUT2D eigenvalue weighted by Gasteiger charge is -2.26. The summed E-state index contributed by atoms with van der Waals surface area (Å²) in [6, 6.07) is 10.2. The van der Waals surface area contributed by atoms with Crippen LogP contribution in [0.4, 0.5) is 9.59 Å². The third-order valence-corrected chi connectivity index (χ3v) is 6.42. The molecule has 2 rings (SSSR count). The normalized spacial score (nSPS) is 13.6. The zero-order valence-corrected chi connectivity index (χ0v) is 27.3. The molecule has 0 spiro atoms. The van der Waals surface area contributed by atoms with Crippen molar-refractivity contribution in [3.8, 4) is 5.75 Å². The van der Waals surface area contributed by atoms with Crippen LogP contribution in [0.15, 0.2) is 42.5 Å². The quantitative estimate of drug-likeness (QED) is 0.255. The number of alkyl carbamates (subject to hydrolysis) is 2. The summed E-state index contributed by atoms with van der Waals surface area (Å²) < 4.78 is 10.8. The molecule has 0 fully saturated rings. The van der Waals surface area contributed by atoms with E-state index in [0.29, 0.717) is 6.42 Å². The number of carbonyl (C=O) groups is 4. The van der Waals surface area contributed by atoms with Gasteiger partial charge in [0.1, 0.15) is 29.0 Å².